The first kappa shape index (κ1) is 12.1. The first-order valence-electron chi connectivity index (χ1n) is 5.98. The summed E-state index contributed by atoms with van der Waals surface area (Å²) in [5.41, 5.74) is 2.68. The predicted octanol–water partition coefficient (Wildman–Crippen LogP) is 4.32. The quantitative estimate of drug-likeness (QED) is 0.713. The maximum Gasteiger partial charge on any atom is 0.142 e. The Balaban J connectivity index is 2.18. The third kappa shape index (κ3) is 2.17. The van der Waals surface area contributed by atoms with Gasteiger partial charge in [-0.3, -0.25) is 0 Å². The van der Waals surface area contributed by atoms with Crippen LogP contribution in [-0.2, 0) is 0 Å². The molecule has 0 unspecified atom stereocenters. The lowest BCUT2D eigenvalue weighted by Crippen LogP contribution is -2.05. The molecule has 0 atom stereocenters. The van der Waals surface area contributed by atoms with Crippen molar-refractivity contribution in [2.24, 2.45) is 0 Å². The van der Waals surface area contributed by atoms with Crippen LogP contribution in [0.25, 0.3) is 0 Å². The van der Waals surface area contributed by atoms with Gasteiger partial charge in [0.1, 0.15) is 5.82 Å². The summed E-state index contributed by atoms with van der Waals surface area (Å²) in [7, 11) is 0. The van der Waals surface area contributed by atoms with Crippen LogP contribution in [0.15, 0.2) is 54.9 Å². The van der Waals surface area contributed by atoms with Gasteiger partial charge < -0.3 is 9.97 Å². The molecule has 0 fully saturated rings. The van der Waals surface area contributed by atoms with Crippen molar-refractivity contribution in [2.75, 3.05) is 0 Å². The molecule has 1 aromatic carbocycles. The van der Waals surface area contributed by atoms with Gasteiger partial charge in [-0.1, -0.05) is 23.7 Å². The lowest BCUT2D eigenvalue weighted by atomic mass is 9.92. The third-order valence-electron chi connectivity index (χ3n) is 3.16. The zero-order valence-electron chi connectivity index (χ0n) is 10.0. The van der Waals surface area contributed by atoms with Gasteiger partial charge in [0.05, 0.1) is 10.9 Å². The van der Waals surface area contributed by atoms with Crippen LogP contribution in [0.1, 0.15) is 22.9 Å². The van der Waals surface area contributed by atoms with Crippen LogP contribution in [-0.4, -0.2) is 9.97 Å². The molecule has 0 aliphatic carbocycles. The first-order valence-corrected chi connectivity index (χ1v) is 6.35. The molecule has 0 saturated heterocycles. The van der Waals surface area contributed by atoms with Crippen LogP contribution < -0.4 is 0 Å². The molecular formula is C15H12ClFN2. The number of rotatable bonds is 3. The third-order valence-corrected chi connectivity index (χ3v) is 3.56. The van der Waals surface area contributed by atoms with Gasteiger partial charge in [0.2, 0.25) is 0 Å². The van der Waals surface area contributed by atoms with E-state index in [1.807, 2.05) is 42.7 Å². The molecule has 0 aliphatic heterocycles. The SMILES string of the molecule is Fc1cccc(C(c2ccc[nH]2)c2ccc[nH]2)c1Cl. The molecule has 2 aromatic heterocycles. The van der Waals surface area contributed by atoms with Gasteiger partial charge in [-0.05, 0) is 35.9 Å². The van der Waals surface area contributed by atoms with Crippen molar-refractivity contribution in [2.45, 2.75) is 5.92 Å². The van der Waals surface area contributed by atoms with E-state index in [4.69, 9.17) is 11.6 Å². The van der Waals surface area contributed by atoms with Gasteiger partial charge in [0.15, 0.2) is 0 Å². The minimum absolute atomic E-state index is 0.131. The minimum atomic E-state index is -0.401. The Labute approximate surface area is 115 Å². The molecule has 4 heteroatoms. The molecule has 3 aromatic rings. The van der Waals surface area contributed by atoms with E-state index >= 15 is 0 Å². The van der Waals surface area contributed by atoms with Crippen molar-refractivity contribution >= 4 is 11.6 Å². The number of halogens is 2. The summed E-state index contributed by atoms with van der Waals surface area (Å²) in [5, 5.41) is 0.164. The summed E-state index contributed by atoms with van der Waals surface area (Å²) in [6.45, 7) is 0. The number of benzene rings is 1. The Morgan fingerprint density at radius 1 is 0.895 bits per heavy atom. The van der Waals surface area contributed by atoms with E-state index in [9.17, 15) is 4.39 Å². The van der Waals surface area contributed by atoms with Crippen molar-refractivity contribution in [1.82, 2.24) is 9.97 Å². The fraction of sp³-hybridized carbons (Fsp3) is 0.0667. The molecule has 0 radical (unpaired) electrons. The number of hydrogen-bond acceptors (Lipinski definition) is 0. The second-order valence-electron chi connectivity index (χ2n) is 4.33. The van der Waals surface area contributed by atoms with E-state index in [0.29, 0.717) is 0 Å². The average Bonchev–Trinajstić information content (AvgIpc) is 3.08. The maximum atomic E-state index is 13.7. The Hall–Kier alpha value is -2.00. The lowest BCUT2D eigenvalue weighted by Gasteiger charge is -2.17. The Morgan fingerprint density at radius 3 is 2.05 bits per heavy atom. The van der Waals surface area contributed by atoms with Gasteiger partial charge in [0, 0.05) is 23.8 Å². The Kier molecular flexibility index (Phi) is 3.13. The van der Waals surface area contributed by atoms with Crippen LogP contribution in [0.5, 0.6) is 0 Å². The molecule has 0 amide bonds. The molecule has 2 N–H and O–H groups in total. The first-order chi connectivity index (χ1) is 9.27. The molecule has 0 spiro atoms. The van der Waals surface area contributed by atoms with Crippen LogP contribution in [0.3, 0.4) is 0 Å². The highest BCUT2D eigenvalue weighted by Gasteiger charge is 2.22. The van der Waals surface area contributed by atoms with Crippen LogP contribution in [0.2, 0.25) is 5.02 Å². The standard InChI is InChI=1S/C15H12ClFN2/c16-15-10(4-1-5-11(15)17)14(12-6-2-8-18-12)13-7-3-9-19-13/h1-9,14,18-19H. The van der Waals surface area contributed by atoms with E-state index in [1.165, 1.54) is 6.07 Å². The summed E-state index contributed by atoms with van der Waals surface area (Å²) in [5.74, 6) is -0.532. The highest BCUT2D eigenvalue weighted by molar-refractivity contribution is 6.31. The monoisotopic (exact) mass is 274 g/mol. The largest absolute Gasteiger partial charge is 0.364 e. The summed E-state index contributed by atoms with van der Waals surface area (Å²) < 4.78 is 13.7. The van der Waals surface area contributed by atoms with E-state index in [0.717, 1.165) is 17.0 Å². The fourth-order valence-electron chi connectivity index (χ4n) is 2.29. The van der Waals surface area contributed by atoms with E-state index < -0.39 is 5.82 Å². The highest BCUT2D eigenvalue weighted by Crippen LogP contribution is 2.35. The number of aromatic nitrogens is 2. The number of hydrogen-bond donors (Lipinski definition) is 2. The zero-order chi connectivity index (χ0) is 13.2. The molecule has 19 heavy (non-hydrogen) atoms. The van der Waals surface area contributed by atoms with E-state index in [2.05, 4.69) is 9.97 Å². The smallest absolute Gasteiger partial charge is 0.142 e. The zero-order valence-corrected chi connectivity index (χ0v) is 10.8. The van der Waals surface area contributed by atoms with Gasteiger partial charge in [-0.25, -0.2) is 4.39 Å². The predicted molar refractivity (Wildman–Crippen MR) is 73.9 cm³/mol. The molecule has 0 saturated carbocycles. The summed E-state index contributed by atoms with van der Waals surface area (Å²) >= 11 is 6.12. The fourth-order valence-corrected chi connectivity index (χ4v) is 2.53. The van der Waals surface area contributed by atoms with Gasteiger partial charge in [0.25, 0.3) is 0 Å². The van der Waals surface area contributed by atoms with Crippen molar-refractivity contribution in [3.63, 3.8) is 0 Å². The average molecular weight is 275 g/mol. The number of nitrogens with one attached hydrogen (secondary N) is 2. The topological polar surface area (TPSA) is 31.6 Å². The normalized spacial score (nSPS) is 11.1. The summed E-state index contributed by atoms with van der Waals surface area (Å²) in [4.78, 5) is 6.34. The highest BCUT2D eigenvalue weighted by atomic mass is 35.5. The van der Waals surface area contributed by atoms with Crippen molar-refractivity contribution in [3.05, 3.63) is 82.6 Å². The summed E-state index contributed by atoms with van der Waals surface area (Å²) in [6, 6.07) is 12.6. The summed E-state index contributed by atoms with van der Waals surface area (Å²) in [6.07, 6.45) is 3.69. The molecule has 2 heterocycles. The van der Waals surface area contributed by atoms with Crippen molar-refractivity contribution < 1.29 is 4.39 Å². The number of H-pyrrole nitrogens is 2. The van der Waals surface area contributed by atoms with E-state index in [1.54, 1.807) is 6.07 Å². The second-order valence-corrected chi connectivity index (χ2v) is 4.70. The molecule has 96 valence electrons. The Bertz CT molecular complexity index is 625. The minimum Gasteiger partial charge on any atom is -0.364 e. The lowest BCUT2D eigenvalue weighted by molar-refractivity contribution is 0.625. The Morgan fingerprint density at radius 2 is 1.53 bits per heavy atom. The second kappa shape index (κ2) is 4.94. The van der Waals surface area contributed by atoms with E-state index in [-0.39, 0.29) is 10.9 Å². The van der Waals surface area contributed by atoms with Gasteiger partial charge in [-0.15, -0.1) is 0 Å². The molecule has 3 rings (SSSR count). The van der Waals surface area contributed by atoms with Crippen LogP contribution >= 0.6 is 11.6 Å². The molecular weight excluding hydrogens is 263 g/mol. The number of aromatic amines is 2. The van der Waals surface area contributed by atoms with Crippen molar-refractivity contribution in [3.8, 4) is 0 Å². The van der Waals surface area contributed by atoms with Crippen molar-refractivity contribution in [1.29, 1.82) is 0 Å². The van der Waals surface area contributed by atoms with Crippen LogP contribution in [0, 0.1) is 5.82 Å². The van der Waals surface area contributed by atoms with Crippen LogP contribution in [0.4, 0.5) is 4.39 Å². The molecule has 2 nitrogen and oxygen atoms in total. The molecule has 0 bridgehead atoms. The van der Waals surface area contributed by atoms with Gasteiger partial charge in [-0.2, -0.15) is 0 Å². The van der Waals surface area contributed by atoms with Gasteiger partial charge >= 0.3 is 0 Å². The maximum absolute atomic E-state index is 13.7. The molecule has 0 aliphatic rings.